The topological polar surface area (TPSA) is 46.6 Å². The van der Waals surface area contributed by atoms with Crippen LogP contribution in [0, 0.1) is 0 Å². The molecule has 4 nitrogen and oxygen atoms in total. The summed E-state index contributed by atoms with van der Waals surface area (Å²) in [4.78, 5) is 27.3. The molecule has 0 aromatic heterocycles. The third-order valence-electron chi connectivity index (χ3n) is 5.39. The van der Waals surface area contributed by atoms with Gasteiger partial charge in [0.25, 0.3) is 5.91 Å². The molecular weight excluding hydrogens is 398 g/mol. The zero-order valence-electron chi connectivity index (χ0n) is 17.8. The number of fused-ring (bicyclic) bond motifs is 1. The predicted molar refractivity (Wildman–Crippen MR) is 126 cm³/mol. The van der Waals surface area contributed by atoms with E-state index in [1.807, 2.05) is 91.0 Å². The fraction of sp³-hybridized carbons (Fsp3) is 0.143. The lowest BCUT2D eigenvalue weighted by molar-refractivity contribution is -0.135. The Hall–Kier alpha value is -3.92. The molecule has 0 aliphatic heterocycles. The van der Waals surface area contributed by atoms with E-state index in [0.717, 1.165) is 28.3 Å². The predicted octanol–water partition coefficient (Wildman–Crippen LogP) is 5.27. The number of benzene rings is 4. The third kappa shape index (κ3) is 5.61. The van der Waals surface area contributed by atoms with Crippen LogP contribution in [0.25, 0.3) is 10.8 Å². The van der Waals surface area contributed by atoms with Gasteiger partial charge in [0.2, 0.25) is 0 Å². The highest BCUT2D eigenvalue weighted by Gasteiger charge is 2.17. The number of rotatable bonds is 8. The fourth-order valence-electron chi connectivity index (χ4n) is 3.62. The quantitative estimate of drug-likeness (QED) is 0.363. The number of carbonyl (C=O) groups excluding carboxylic acids is 2. The van der Waals surface area contributed by atoms with Crippen molar-refractivity contribution in [3.63, 3.8) is 0 Å². The number of hydrogen-bond donors (Lipinski definition) is 0. The Morgan fingerprint density at radius 3 is 2.03 bits per heavy atom. The minimum absolute atomic E-state index is 0.209. The average Bonchev–Trinajstić information content (AvgIpc) is 2.85. The van der Waals surface area contributed by atoms with Crippen molar-refractivity contribution in [2.75, 3.05) is 13.2 Å². The van der Waals surface area contributed by atoms with E-state index >= 15 is 0 Å². The van der Waals surface area contributed by atoms with Crippen LogP contribution in [0.4, 0.5) is 0 Å². The molecule has 0 unspecified atom stereocenters. The van der Waals surface area contributed by atoms with Crippen molar-refractivity contribution in [2.24, 2.45) is 0 Å². The van der Waals surface area contributed by atoms with Gasteiger partial charge in [-0.1, -0.05) is 91.0 Å². The summed E-state index contributed by atoms with van der Waals surface area (Å²) in [6.45, 7) is 0.735. The number of ether oxygens (including phenoxy) is 1. The second-order valence-corrected chi connectivity index (χ2v) is 7.67. The highest BCUT2D eigenvalue weighted by molar-refractivity contribution is 5.96. The Morgan fingerprint density at radius 1 is 0.688 bits per heavy atom. The van der Waals surface area contributed by atoms with E-state index < -0.39 is 5.97 Å². The van der Waals surface area contributed by atoms with Gasteiger partial charge in [0.1, 0.15) is 0 Å². The lowest BCUT2D eigenvalue weighted by atomic mass is 10.1. The van der Waals surface area contributed by atoms with Crippen molar-refractivity contribution in [3.8, 4) is 0 Å². The summed E-state index contributed by atoms with van der Waals surface area (Å²) >= 11 is 0. The second kappa shape index (κ2) is 10.4. The number of amides is 1. The zero-order chi connectivity index (χ0) is 22.2. The van der Waals surface area contributed by atoms with Crippen LogP contribution in [-0.4, -0.2) is 29.9 Å². The van der Waals surface area contributed by atoms with Crippen LogP contribution in [0.5, 0.6) is 0 Å². The molecule has 4 aromatic rings. The van der Waals surface area contributed by atoms with Gasteiger partial charge in [0, 0.05) is 13.1 Å². The first-order valence-corrected chi connectivity index (χ1v) is 10.7. The summed E-state index contributed by atoms with van der Waals surface area (Å²) in [5.41, 5.74) is 2.64. The molecule has 0 saturated carbocycles. The van der Waals surface area contributed by atoms with Crippen molar-refractivity contribution in [3.05, 3.63) is 120 Å². The Morgan fingerprint density at radius 2 is 1.31 bits per heavy atom. The largest absolute Gasteiger partial charge is 0.452 e. The van der Waals surface area contributed by atoms with Gasteiger partial charge in [-0.15, -0.1) is 0 Å². The van der Waals surface area contributed by atoms with Crippen molar-refractivity contribution in [1.82, 2.24) is 4.90 Å². The van der Waals surface area contributed by atoms with Gasteiger partial charge in [-0.3, -0.25) is 4.79 Å². The van der Waals surface area contributed by atoms with E-state index in [1.165, 1.54) is 0 Å². The number of nitrogens with zero attached hydrogens (tertiary/aromatic N) is 1. The van der Waals surface area contributed by atoms with E-state index in [0.29, 0.717) is 18.7 Å². The van der Waals surface area contributed by atoms with E-state index in [-0.39, 0.29) is 12.5 Å². The number of hydrogen-bond acceptors (Lipinski definition) is 3. The molecule has 0 fully saturated rings. The van der Waals surface area contributed by atoms with Crippen LogP contribution in [-0.2, 0) is 22.5 Å². The summed E-state index contributed by atoms with van der Waals surface area (Å²) in [6, 6.07) is 33.1. The fourth-order valence-corrected chi connectivity index (χ4v) is 3.62. The zero-order valence-corrected chi connectivity index (χ0v) is 17.8. The van der Waals surface area contributed by atoms with Gasteiger partial charge in [0.15, 0.2) is 6.61 Å². The Balaban J connectivity index is 1.41. The van der Waals surface area contributed by atoms with Crippen LogP contribution in [0.2, 0.25) is 0 Å². The Bertz CT molecular complexity index is 1190. The van der Waals surface area contributed by atoms with E-state index in [4.69, 9.17) is 4.74 Å². The molecule has 0 bridgehead atoms. The molecule has 0 saturated heterocycles. The van der Waals surface area contributed by atoms with Gasteiger partial charge in [0.05, 0.1) is 5.56 Å². The van der Waals surface area contributed by atoms with E-state index in [1.54, 1.807) is 17.0 Å². The Kier molecular flexibility index (Phi) is 6.93. The van der Waals surface area contributed by atoms with Crippen LogP contribution in [0.3, 0.4) is 0 Å². The normalized spacial score (nSPS) is 10.6. The van der Waals surface area contributed by atoms with Crippen LogP contribution in [0.15, 0.2) is 103 Å². The minimum Gasteiger partial charge on any atom is -0.452 e. The molecular formula is C28H25NO3. The van der Waals surface area contributed by atoms with E-state index in [9.17, 15) is 9.59 Å². The first-order valence-electron chi connectivity index (χ1n) is 10.7. The molecule has 0 aliphatic rings. The molecule has 32 heavy (non-hydrogen) atoms. The first-order chi connectivity index (χ1) is 15.7. The Labute approximate surface area is 188 Å². The lowest BCUT2D eigenvalue weighted by Crippen LogP contribution is -2.35. The summed E-state index contributed by atoms with van der Waals surface area (Å²) in [6.07, 6.45) is 0.734. The summed E-state index contributed by atoms with van der Waals surface area (Å²) in [7, 11) is 0. The maximum atomic E-state index is 13.0. The van der Waals surface area contributed by atoms with Crippen molar-refractivity contribution >= 4 is 22.6 Å². The van der Waals surface area contributed by atoms with Crippen LogP contribution >= 0.6 is 0 Å². The third-order valence-corrected chi connectivity index (χ3v) is 5.39. The van der Waals surface area contributed by atoms with Crippen molar-refractivity contribution in [2.45, 2.75) is 13.0 Å². The van der Waals surface area contributed by atoms with Gasteiger partial charge in [-0.2, -0.15) is 0 Å². The number of esters is 1. The summed E-state index contributed by atoms with van der Waals surface area (Å²) in [5, 5.41) is 2.01. The molecule has 0 spiro atoms. The highest BCUT2D eigenvalue weighted by Crippen LogP contribution is 2.16. The molecule has 0 atom stereocenters. The monoisotopic (exact) mass is 423 g/mol. The molecule has 0 aliphatic carbocycles. The summed E-state index contributed by atoms with van der Waals surface area (Å²) < 4.78 is 5.38. The standard InChI is InChI=1S/C28H25NO3/c30-27(21-32-28(31)26-16-15-24-13-7-8-14-25(24)19-26)29(20-23-11-5-2-6-12-23)18-17-22-9-3-1-4-10-22/h1-16,19H,17-18,20-21H2. The molecule has 4 aromatic carbocycles. The summed E-state index contributed by atoms with van der Waals surface area (Å²) in [5.74, 6) is -0.703. The molecule has 160 valence electrons. The maximum Gasteiger partial charge on any atom is 0.338 e. The molecule has 0 radical (unpaired) electrons. The molecule has 0 N–H and O–H groups in total. The smallest absolute Gasteiger partial charge is 0.338 e. The minimum atomic E-state index is -0.494. The van der Waals surface area contributed by atoms with Crippen molar-refractivity contribution < 1.29 is 14.3 Å². The molecule has 4 rings (SSSR count). The van der Waals surface area contributed by atoms with Crippen LogP contribution < -0.4 is 0 Å². The average molecular weight is 424 g/mol. The molecule has 1 amide bonds. The van der Waals surface area contributed by atoms with Crippen molar-refractivity contribution in [1.29, 1.82) is 0 Å². The van der Waals surface area contributed by atoms with Gasteiger partial charge in [-0.05, 0) is 40.5 Å². The van der Waals surface area contributed by atoms with Gasteiger partial charge in [-0.25, -0.2) is 4.79 Å². The second-order valence-electron chi connectivity index (χ2n) is 7.67. The van der Waals surface area contributed by atoms with Gasteiger partial charge >= 0.3 is 5.97 Å². The lowest BCUT2D eigenvalue weighted by Gasteiger charge is -2.23. The van der Waals surface area contributed by atoms with E-state index in [2.05, 4.69) is 0 Å². The maximum absolute atomic E-state index is 13.0. The van der Waals surface area contributed by atoms with Gasteiger partial charge < -0.3 is 9.64 Å². The molecule has 4 heteroatoms. The molecule has 0 heterocycles. The SMILES string of the molecule is O=C(OCC(=O)N(CCc1ccccc1)Cc1ccccc1)c1ccc2ccccc2c1. The first kappa shape index (κ1) is 21.3. The van der Waals surface area contributed by atoms with Crippen LogP contribution in [0.1, 0.15) is 21.5 Å². The number of carbonyl (C=O) groups is 2. The highest BCUT2D eigenvalue weighted by atomic mass is 16.5.